The van der Waals surface area contributed by atoms with Crippen molar-refractivity contribution in [2.24, 2.45) is 0 Å². The molecule has 0 aliphatic carbocycles. The summed E-state index contributed by atoms with van der Waals surface area (Å²) < 4.78 is 16.3. The molecule has 2 aromatic carbocycles. The molecule has 0 aliphatic heterocycles. The number of ether oxygens (including phenoxy) is 3. The highest BCUT2D eigenvalue weighted by Crippen LogP contribution is 2.27. The van der Waals surface area contributed by atoms with Crippen LogP contribution in [0.4, 0.5) is 0 Å². The van der Waals surface area contributed by atoms with Crippen LogP contribution in [0.2, 0.25) is 0 Å². The Morgan fingerprint density at radius 1 is 1.09 bits per heavy atom. The number of amides is 1. The Labute approximate surface area is 136 Å². The third-order valence-electron chi connectivity index (χ3n) is 3.44. The number of methoxy groups -OCH3 is 2. The van der Waals surface area contributed by atoms with Gasteiger partial charge in [0, 0.05) is 14.2 Å². The first-order valence-corrected chi connectivity index (χ1v) is 7.28. The van der Waals surface area contributed by atoms with Gasteiger partial charge < -0.3 is 19.5 Å². The average Bonchev–Trinajstić information content (AvgIpc) is 2.61. The molecule has 2 rings (SSSR count). The molecule has 1 N–H and O–H groups in total. The van der Waals surface area contributed by atoms with Gasteiger partial charge in [-0.15, -0.1) is 0 Å². The predicted octanol–water partition coefficient (Wildman–Crippen LogP) is 2.71. The van der Waals surface area contributed by atoms with Gasteiger partial charge in [0.05, 0.1) is 7.11 Å². The molecule has 0 bridgehead atoms. The molecular formula is C18H21NO4. The zero-order valence-corrected chi connectivity index (χ0v) is 13.5. The molecule has 0 aliphatic rings. The Hall–Kier alpha value is -2.53. The predicted molar refractivity (Wildman–Crippen MR) is 87.6 cm³/mol. The molecule has 122 valence electrons. The second kappa shape index (κ2) is 8.19. The lowest BCUT2D eigenvalue weighted by atomic mass is 10.1. The summed E-state index contributed by atoms with van der Waals surface area (Å²) in [6.07, 6.45) is -0.633. The van der Waals surface area contributed by atoms with Crippen LogP contribution in [0.5, 0.6) is 11.5 Å². The zero-order valence-electron chi connectivity index (χ0n) is 13.5. The Kier molecular flexibility index (Phi) is 6.00. The van der Waals surface area contributed by atoms with Crippen molar-refractivity contribution in [3.8, 4) is 11.5 Å². The van der Waals surface area contributed by atoms with E-state index in [0.29, 0.717) is 18.1 Å². The SMILES string of the molecule is CNC(=O)C(OC)c1cccc(COc2ccccc2OC)c1. The van der Waals surface area contributed by atoms with Crippen LogP contribution in [0.15, 0.2) is 48.5 Å². The number of likely N-dealkylation sites (N-methyl/N-ethyl adjacent to an activating group) is 1. The van der Waals surface area contributed by atoms with E-state index in [1.165, 1.54) is 7.11 Å². The molecule has 1 atom stereocenters. The molecule has 0 aromatic heterocycles. The smallest absolute Gasteiger partial charge is 0.253 e. The van der Waals surface area contributed by atoms with Crippen LogP contribution >= 0.6 is 0 Å². The topological polar surface area (TPSA) is 56.8 Å². The van der Waals surface area contributed by atoms with Gasteiger partial charge in [-0.25, -0.2) is 0 Å². The van der Waals surface area contributed by atoms with Crippen molar-refractivity contribution in [1.82, 2.24) is 5.32 Å². The van der Waals surface area contributed by atoms with Gasteiger partial charge in [-0.1, -0.05) is 30.3 Å². The van der Waals surface area contributed by atoms with Crippen LogP contribution in [0, 0.1) is 0 Å². The fourth-order valence-corrected chi connectivity index (χ4v) is 2.27. The van der Waals surface area contributed by atoms with Crippen LogP contribution in [-0.2, 0) is 16.1 Å². The van der Waals surface area contributed by atoms with Gasteiger partial charge in [-0.3, -0.25) is 4.79 Å². The van der Waals surface area contributed by atoms with Crippen molar-refractivity contribution in [2.45, 2.75) is 12.7 Å². The lowest BCUT2D eigenvalue weighted by Gasteiger charge is -2.15. The standard InChI is InChI=1S/C18H21NO4/c1-19-18(20)17(22-3)14-8-6-7-13(11-14)12-23-16-10-5-4-9-15(16)21-2/h4-11,17H,12H2,1-3H3,(H,19,20). The van der Waals surface area contributed by atoms with E-state index >= 15 is 0 Å². The summed E-state index contributed by atoms with van der Waals surface area (Å²) in [6, 6.07) is 15.1. The number of carbonyl (C=O) groups excluding carboxylic acids is 1. The van der Waals surface area contributed by atoms with Crippen LogP contribution in [0.25, 0.3) is 0 Å². The Bertz CT molecular complexity index is 657. The van der Waals surface area contributed by atoms with Gasteiger partial charge in [0.15, 0.2) is 17.6 Å². The van der Waals surface area contributed by atoms with Gasteiger partial charge in [-0.2, -0.15) is 0 Å². The van der Waals surface area contributed by atoms with Crippen molar-refractivity contribution in [3.63, 3.8) is 0 Å². The molecule has 0 saturated carbocycles. The molecule has 0 heterocycles. The van der Waals surface area contributed by atoms with E-state index in [2.05, 4.69) is 5.32 Å². The fraction of sp³-hybridized carbons (Fsp3) is 0.278. The van der Waals surface area contributed by atoms with Crippen molar-refractivity contribution >= 4 is 5.91 Å². The van der Waals surface area contributed by atoms with Crippen molar-refractivity contribution in [2.75, 3.05) is 21.3 Å². The molecular weight excluding hydrogens is 294 g/mol. The van der Waals surface area contributed by atoms with Gasteiger partial charge in [0.25, 0.3) is 5.91 Å². The van der Waals surface area contributed by atoms with Gasteiger partial charge in [-0.05, 0) is 29.3 Å². The number of rotatable bonds is 7. The fourth-order valence-electron chi connectivity index (χ4n) is 2.27. The highest BCUT2D eigenvalue weighted by atomic mass is 16.5. The number of carbonyl (C=O) groups is 1. The summed E-state index contributed by atoms with van der Waals surface area (Å²) in [7, 11) is 4.70. The highest BCUT2D eigenvalue weighted by Gasteiger charge is 2.18. The summed E-state index contributed by atoms with van der Waals surface area (Å²) in [6.45, 7) is 0.373. The molecule has 1 unspecified atom stereocenters. The van der Waals surface area contributed by atoms with Gasteiger partial charge >= 0.3 is 0 Å². The van der Waals surface area contributed by atoms with Crippen molar-refractivity contribution in [1.29, 1.82) is 0 Å². The molecule has 0 spiro atoms. The van der Waals surface area contributed by atoms with E-state index in [1.54, 1.807) is 14.2 Å². The Morgan fingerprint density at radius 2 is 1.83 bits per heavy atom. The van der Waals surface area contributed by atoms with Crippen molar-refractivity contribution < 1.29 is 19.0 Å². The monoisotopic (exact) mass is 315 g/mol. The molecule has 23 heavy (non-hydrogen) atoms. The third-order valence-corrected chi connectivity index (χ3v) is 3.44. The number of hydrogen-bond acceptors (Lipinski definition) is 4. The normalized spacial score (nSPS) is 11.6. The maximum Gasteiger partial charge on any atom is 0.253 e. The first-order chi connectivity index (χ1) is 11.2. The van der Waals surface area contributed by atoms with Crippen molar-refractivity contribution in [3.05, 3.63) is 59.7 Å². The summed E-state index contributed by atoms with van der Waals surface area (Å²) in [5, 5.41) is 2.60. The summed E-state index contributed by atoms with van der Waals surface area (Å²) in [4.78, 5) is 11.8. The maximum atomic E-state index is 11.8. The largest absolute Gasteiger partial charge is 0.493 e. The van der Waals surface area contributed by atoms with Crippen LogP contribution < -0.4 is 14.8 Å². The van der Waals surface area contributed by atoms with Crippen LogP contribution in [-0.4, -0.2) is 27.2 Å². The first kappa shape index (κ1) is 16.8. The molecule has 5 nitrogen and oxygen atoms in total. The zero-order chi connectivity index (χ0) is 16.7. The first-order valence-electron chi connectivity index (χ1n) is 7.28. The molecule has 5 heteroatoms. The Morgan fingerprint density at radius 3 is 2.48 bits per heavy atom. The maximum absolute atomic E-state index is 11.8. The van der Waals surface area contributed by atoms with Crippen LogP contribution in [0.3, 0.4) is 0 Å². The van der Waals surface area contributed by atoms with Gasteiger partial charge in [0.2, 0.25) is 0 Å². The number of para-hydroxylation sites is 2. The summed E-state index contributed by atoms with van der Waals surface area (Å²) in [5.74, 6) is 1.18. The third kappa shape index (κ3) is 4.23. The summed E-state index contributed by atoms with van der Waals surface area (Å²) >= 11 is 0. The minimum atomic E-state index is -0.633. The quantitative estimate of drug-likeness (QED) is 0.853. The second-order valence-electron chi connectivity index (χ2n) is 4.91. The van der Waals surface area contributed by atoms with E-state index in [0.717, 1.165) is 11.1 Å². The minimum Gasteiger partial charge on any atom is -0.493 e. The number of benzene rings is 2. The molecule has 2 aromatic rings. The summed E-state index contributed by atoms with van der Waals surface area (Å²) in [5.41, 5.74) is 1.73. The Balaban J connectivity index is 2.12. The number of hydrogen-bond donors (Lipinski definition) is 1. The minimum absolute atomic E-state index is 0.185. The molecule has 0 fully saturated rings. The molecule has 1 amide bonds. The lowest BCUT2D eigenvalue weighted by Crippen LogP contribution is -2.27. The highest BCUT2D eigenvalue weighted by molar-refractivity contribution is 5.81. The number of nitrogens with one attached hydrogen (secondary N) is 1. The van der Waals surface area contributed by atoms with E-state index in [1.807, 2.05) is 48.5 Å². The van der Waals surface area contributed by atoms with E-state index in [9.17, 15) is 4.79 Å². The van der Waals surface area contributed by atoms with E-state index < -0.39 is 6.10 Å². The average molecular weight is 315 g/mol. The second-order valence-corrected chi connectivity index (χ2v) is 4.91. The molecule has 0 radical (unpaired) electrons. The van der Waals surface area contributed by atoms with Gasteiger partial charge in [0.1, 0.15) is 6.61 Å². The lowest BCUT2D eigenvalue weighted by molar-refractivity contribution is -0.130. The van der Waals surface area contributed by atoms with Crippen LogP contribution in [0.1, 0.15) is 17.2 Å². The van der Waals surface area contributed by atoms with E-state index in [4.69, 9.17) is 14.2 Å². The van der Waals surface area contributed by atoms with E-state index in [-0.39, 0.29) is 5.91 Å². The molecule has 0 saturated heterocycles.